The Morgan fingerprint density at radius 1 is 0.857 bits per heavy atom. The minimum absolute atomic E-state index is 0.376. The van der Waals surface area contributed by atoms with Crippen LogP contribution in [-0.4, -0.2) is 9.78 Å². The maximum absolute atomic E-state index is 13.5. The number of benzene rings is 1. The molecule has 0 aliphatic rings. The van der Waals surface area contributed by atoms with Crippen molar-refractivity contribution < 1.29 is 35.1 Å². The third-order valence-corrected chi connectivity index (χ3v) is 2.46. The van der Waals surface area contributed by atoms with Crippen LogP contribution >= 0.6 is 0 Å². The number of nitrogens with zero attached hydrogens (tertiary/aromatic N) is 2. The fraction of sp³-hybridized carbons (Fsp3) is 0.100. The number of nitrogens with two attached hydrogens (primary N) is 1. The fourth-order valence-electron chi connectivity index (χ4n) is 1.59. The van der Waals surface area contributed by atoms with Gasteiger partial charge in [-0.15, -0.1) is 0 Å². The largest absolute Gasteiger partial charge is 0.435 e. The van der Waals surface area contributed by atoms with E-state index in [0.29, 0.717) is 6.20 Å². The Labute approximate surface area is 110 Å². The first-order chi connectivity index (χ1) is 9.57. The lowest BCUT2D eigenvalue weighted by Gasteiger charge is -2.13. The predicted molar refractivity (Wildman–Crippen MR) is 52.8 cm³/mol. The molecule has 2 rings (SSSR count). The van der Waals surface area contributed by atoms with Gasteiger partial charge in [0.2, 0.25) is 5.82 Å². The zero-order valence-corrected chi connectivity index (χ0v) is 9.57. The Hall–Kier alpha value is -2.33. The number of halogens is 8. The van der Waals surface area contributed by atoms with Crippen LogP contribution in [0.4, 0.5) is 40.8 Å². The topological polar surface area (TPSA) is 43.8 Å². The van der Waals surface area contributed by atoms with Gasteiger partial charge in [-0.3, -0.25) is 0 Å². The Balaban J connectivity index is 2.88. The molecule has 1 aromatic heterocycles. The predicted octanol–water partition coefficient (Wildman–Crippen LogP) is 3.17. The van der Waals surface area contributed by atoms with Gasteiger partial charge in [-0.2, -0.15) is 18.3 Å². The number of hydrogen-bond donors (Lipinski definition) is 1. The maximum Gasteiger partial charge on any atom is 0.435 e. The van der Waals surface area contributed by atoms with Crippen molar-refractivity contribution in [3.8, 4) is 5.69 Å². The second-order valence-corrected chi connectivity index (χ2v) is 3.78. The summed E-state index contributed by atoms with van der Waals surface area (Å²) in [6, 6.07) is 0. The van der Waals surface area contributed by atoms with Crippen molar-refractivity contribution in [2.45, 2.75) is 6.18 Å². The minimum Gasteiger partial charge on any atom is -0.396 e. The molecule has 11 heteroatoms. The molecule has 0 bridgehead atoms. The molecule has 21 heavy (non-hydrogen) atoms. The van der Waals surface area contributed by atoms with Crippen LogP contribution in [0.5, 0.6) is 0 Å². The van der Waals surface area contributed by atoms with E-state index in [-0.39, 0.29) is 0 Å². The second-order valence-electron chi connectivity index (χ2n) is 3.78. The number of alkyl halides is 3. The number of anilines is 1. The summed E-state index contributed by atoms with van der Waals surface area (Å²) < 4.78 is 104. The third-order valence-electron chi connectivity index (χ3n) is 2.46. The first-order valence-corrected chi connectivity index (χ1v) is 4.99. The number of hydrogen-bond acceptors (Lipinski definition) is 2. The number of nitrogen functional groups attached to an aromatic ring is 1. The lowest BCUT2D eigenvalue weighted by atomic mass is 10.2. The molecule has 2 aromatic rings. The van der Waals surface area contributed by atoms with Gasteiger partial charge in [0.1, 0.15) is 5.69 Å². The molecule has 0 fully saturated rings. The SMILES string of the molecule is Nc1cnn(-c2c(F)c(F)c(F)c(F)c2F)c1C(F)(F)F. The molecule has 0 saturated heterocycles. The van der Waals surface area contributed by atoms with E-state index in [9.17, 15) is 35.1 Å². The van der Waals surface area contributed by atoms with Crippen LogP contribution in [0.25, 0.3) is 5.69 Å². The molecule has 0 spiro atoms. The van der Waals surface area contributed by atoms with Crippen LogP contribution < -0.4 is 5.73 Å². The average Bonchev–Trinajstić information content (AvgIpc) is 2.76. The van der Waals surface area contributed by atoms with Gasteiger partial charge in [-0.05, 0) is 0 Å². The van der Waals surface area contributed by atoms with Crippen molar-refractivity contribution in [1.29, 1.82) is 0 Å². The molecule has 1 aromatic carbocycles. The van der Waals surface area contributed by atoms with Gasteiger partial charge in [-0.1, -0.05) is 0 Å². The van der Waals surface area contributed by atoms with E-state index in [2.05, 4.69) is 5.10 Å². The third kappa shape index (κ3) is 2.17. The summed E-state index contributed by atoms with van der Waals surface area (Å²) in [5, 5.41) is 2.92. The Kier molecular flexibility index (Phi) is 3.30. The highest BCUT2D eigenvalue weighted by molar-refractivity contribution is 5.49. The summed E-state index contributed by atoms with van der Waals surface area (Å²) in [6.07, 6.45) is -4.85. The molecule has 0 aliphatic carbocycles. The van der Waals surface area contributed by atoms with E-state index in [1.54, 1.807) is 0 Å². The van der Waals surface area contributed by atoms with Gasteiger partial charge in [-0.25, -0.2) is 26.6 Å². The van der Waals surface area contributed by atoms with Crippen LogP contribution in [0.15, 0.2) is 6.20 Å². The van der Waals surface area contributed by atoms with Gasteiger partial charge in [0, 0.05) is 0 Å². The van der Waals surface area contributed by atoms with Crippen molar-refractivity contribution in [2.75, 3.05) is 5.73 Å². The zero-order chi connectivity index (χ0) is 16.1. The van der Waals surface area contributed by atoms with E-state index in [4.69, 9.17) is 5.73 Å². The summed E-state index contributed by atoms with van der Waals surface area (Å²) in [5.41, 5.74) is 0.204. The molecule has 2 N–H and O–H groups in total. The smallest absolute Gasteiger partial charge is 0.396 e. The van der Waals surface area contributed by atoms with Crippen LogP contribution in [0, 0.1) is 29.1 Å². The van der Waals surface area contributed by atoms with Gasteiger partial charge in [0.25, 0.3) is 0 Å². The van der Waals surface area contributed by atoms with E-state index < -0.39 is 57.0 Å². The van der Waals surface area contributed by atoms with E-state index >= 15 is 0 Å². The standard InChI is InChI=1S/C10H3F8N3/c11-3-4(12)6(14)8(7(15)5(3)13)21-9(10(16,17)18)2(19)1-20-21/h1H,19H2. The summed E-state index contributed by atoms with van der Waals surface area (Å²) in [6.45, 7) is 0. The molecule has 3 nitrogen and oxygen atoms in total. The summed E-state index contributed by atoms with van der Waals surface area (Å²) in [4.78, 5) is 0. The monoisotopic (exact) mass is 317 g/mol. The van der Waals surface area contributed by atoms with Crippen LogP contribution in [-0.2, 0) is 6.18 Å². The lowest BCUT2D eigenvalue weighted by Crippen LogP contribution is -2.19. The van der Waals surface area contributed by atoms with Crippen molar-refractivity contribution in [1.82, 2.24) is 9.78 Å². The molecule has 0 atom stereocenters. The van der Waals surface area contributed by atoms with Crippen molar-refractivity contribution in [3.05, 3.63) is 41.0 Å². The molecule has 0 aliphatic heterocycles. The molecule has 0 unspecified atom stereocenters. The first-order valence-electron chi connectivity index (χ1n) is 4.99. The van der Waals surface area contributed by atoms with Crippen LogP contribution in [0.3, 0.4) is 0 Å². The van der Waals surface area contributed by atoms with E-state index in [1.807, 2.05) is 0 Å². The highest BCUT2D eigenvalue weighted by Gasteiger charge is 2.40. The highest BCUT2D eigenvalue weighted by Crippen LogP contribution is 2.36. The van der Waals surface area contributed by atoms with Gasteiger partial charge in [0.15, 0.2) is 29.0 Å². The Bertz CT molecular complexity index is 689. The lowest BCUT2D eigenvalue weighted by molar-refractivity contribution is -0.142. The van der Waals surface area contributed by atoms with Gasteiger partial charge in [0.05, 0.1) is 11.9 Å². The maximum atomic E-state index is 13.5. The summed E-state index contributed by atoms with van der Waals surface area (Å²) in [5.74, 6) is -12.2. The van der Waals surface area contributed by atoms with E-state index in [0.717, 1.165) is 0 Å². The zero-order valence-electron chi connectivity index (χ0n) is 9.57. The van der Waals surface area contributed by atoms with Gasteiger partial charge >= 0.3 is 6.18 Å². The second kappa shape index (κ2) is 4.60. The first kappa shape index (κ1) is 15.1. The van der Waals surface area contributed by atoms with Crippen molar-refractivity contribution >= 4 is 5.69 Å². The molecule has 1 heterocycles. The molecular weight excluding hydrogens is 314 g/mol. The quantitative estimate of drug-likeness (QED) is 0.499. The normalized spacial score (nSPS) is 12.0. The molecule has 0 amide bonds. The van der Waals surface area contributed by atoms with Crippen molar-refractivity contribution in [3.63, 3.8) is 0 Å². The van der Waals surface area contributed by atoms with E-state index in [1.165, 1.54) is 0 Å². The fourth-order valence-corrected chi connectivity index (χ4v) is 1.59. The molecular formula is C10H3F8N3. The summed E-state index contributed by atoms with van der Waals surface area (Å²) in [7, 11) is 0. The van der Waals surface area contributed by atoms with Crippen LogP contribution in [0.2, 0.25) is 0 Å². The van der Waals surface area contributed by atoms with Crippen LogP contribution in [0.1, 0.15) is 5.69 Å². The Morgan fingerprint density at radius 3 is 1.71 bits per heavy atom. The highest BCUT2D eigenvalue weighted by atomic mass is 19.4. The molecule has 0 saturated carbocycles. The Morgan fingerprint density at radius 2 is 1.29 bits per heavy atom. The minimum atomic E-state index is -5.22. The average molecular weight is 317 g/mol. The van der Waals surface area contributed by atoms with Gasteiger partial charge < -0.3 is 5.73 Å². The molecule has 114 valence electrons. The number of aromatic nitrogens is 2. The molecule has 0 radical (unpaired) electrons. The van der Waals surface area contributed by atoms with Crippen molar-refractivity contribution in [2.24, 2.45) is 0 Å². The summed E-state index contributed by atoms with van der Waals surface area (Å²) >= 11 is 0. The number of rotatable bonds is 1.